The van der Waals surface area contributed by atoms with E-state index in [1.807, 2.05) is 30.3 Å². The van der Waals surface area contributed by atoms with Crippen LogP contribution < -0.4 is 10.4 Å². The summed E-state index contributed by atoms with van der Waals surface area (Å²) in [6.45, 7) is 13.6. The van der Waals surface area contributed by atoms with Gasteiger partial charge < -0.3 is 9.33 Å². The SMILES string of the molecule is C=CCC1(C)CC(c2cccc(Cl)c2)[C@@H](c2ccc(Cl)cc2)N(C(CO[Si](c2ccccc2)(c2ccccc2)C(C)(C)C)C2CC2)C1=O. The molecule has 4 atom stereocenters. The average molecular weight is 697 g/mol. The van der Waals surface area contributed by atoms with E-state index in [1.54, 1.807) is 0 Å². The van der Waals surface area contributed by atoms with Crippen molar-refractivity contribution in [2.45, 2.75) is 76.4 Å². The Labute approximate surface area is 298 Å². The number of carbonyl (C=O) groups excluding carboxylic acids is 1. The van der Waals surface area contributed by atoms with Crippen LogP contribution in [0.25, 0.3) is 0 Å². The number of carbonyl (C=O) groups is 1. The molecule has 0 aromatic heterocycles. The van der Waals surface area contributed by atoms with Crippen LogP contribution in [0.5, 0.6) is 0 Å². The monoisotopic (exact) mass is 695 g/mol. The summed E-state index contributed by atoms with van der Waals surface area (Å²) in [6, 6.07) is 37.5. The molecule has 0 bridgehead atoms. The van der Waals surface area contributed by atoms with Crippen molar-refractivity contribution in [3.63, 3.8) is 0 Å². The van der Waals surface area contributed by atoms with Gasteiger partial charge in [-0.1, -0.05) is 142 Å². The Morgan fingerprint density at radius 1 is 0.875 bits per heavy atom. The fourth-order valence-electron chi connectivity index (χ4n) is 8.15. The summed E-state index contributed by atoms with van der Waals surface area (Å²) in [6.07, 6.45) is 5.34. The normalized spacial score (nSPS) is 22.4. The van der Waals surface area contributed by atoms with E-state index in [2.05, 4.69) is 124 Å². The molecule has 1 saturated carbocycles. The van der Waals surface area contributed by atoms with E-state index < -0.39 is 13.7 Å². The molecule has 4 aromatic carbocycles. The number of likely N-dealkylation sites (tertiary alicyclic amines) is 1. The van der Waals surface area contributed by atoms with E-state index in [0.29, 0.717) is 35.4 Å². The molecule has 3 unspecified atom stereocenters. The van der Waals surface area contributed by atoms with Crippen molar-refractivity contribution in [2.24, 2.45) is 11.3 Å². The van der Waals surface area contributed by atoms with Gasteiger partial charge in [0, 0.05) is 16.0 Å². The summed E-state index contributed by atoms with van der Waals surface area (Å²) in [7, 11) is -2.85. The van der Waals surface area contributed by atoms with Crippen molar-refractivity contribution in [3.8, 4) is 0 Å². The van der Waals surface area contributed by atoms with E-state index in [4.69, 9.17) is 27.6 Å². The molecule has 6 rings (SSSR count). The summed E-state index contributed by atoms with van der Waals surface area (Å²) in [5.74, 6) is 0.540. The highest BCUT2D eigenvalue weighted by Gasteiger charge is 2.55. The Morgan fingerprint density at radius 3 is 2.00 bits per heavy atom. The summed E-state index contributed by atoms with van der Waals surface area (Å²) < 4.78 is 7.61. The average Bonchev–Trinajstić information content (AvgIpc) is 3.91. The van der Waals surface area contributed by atoms with Gasteiger partial charge >= 0.3 is 0 Å². The van der Waals surface area contributed by atoms with E-state index in [9.17, 15) is 0 Å². The molecule has 1 aliphatic heterocycles. The fraction of sp³-hybridized carbons (Fsp3) is 0.357. The van der Waals surface area contributed by atoms with Crippen LogP contribution in [0.1, 0.15) is 76.5 Å². The van der Waals surface area contributed by atoms with Crippen LogP contribution in [0.3, 0.4) is 0 Å². The zero-order valence-electron chi connectivity index (χ0n) is 28.5. The number of rotatable bonds is 11. The van der Waals surface area contributed by atoms with Crippen LogP contribution in [-0.2, 0) is 9.22 Å². The number of amides is 1. The largest absolute Gasteiger partial charge is 0.405 e. The Kier molecular flexibility index (Phi) is 10.1. The highest BCUT2D eigenvalue weighted by atomic mass is 35.5. The van der Waals surface area contributed by atoms with Crippen molar-refractivity contribution >= 4 is 47.8 Å². The summed E-state index contributed by atoms with van der Waals surface area (Å²) in [5, 5.41) is 3.69. The van der Waals surface area contributed by atoms with Crippen LogP contribution >= 0.6 is 23.2 Å². The maximum atomic E-state index is 15.1. The second kappa shape index (κ2) is 14.0. The second-order valence-electron chi connectivity index (χ2n) is 15.0. The zero-order valence-corrected chi connectivity index (χ0v) is 31.1. The molecule has 250 valence electrons. The Morgan fingerprint density at radius 2 is 1.48 bits per heavy atom. The molecule has 48 heavy (non-hydrogen) atoms. The number of hydrogen-bond acceptors (Lipinski definition) is 2. The predicted octanol–water partition coefficient (Wildman–Crippen LogP) is 9.99. The third-order valence-corrected chi connectivity index (χ3v) is 16.1. The lowest BCUT2D eigenvalue weighted by atomic mass is 9.67. The summed E-state index contributed by atoms with van der Waals surface area (Å²) >= 11 is 13.1. The van der Waals surface area contributed by atoms with Gasteiger partial charge in [0.05, 0.1) is 24.1 Å². The van der Waals surface area contributed by atoms with Gasteiger partial charge in [0.1, 0.15) is 0 Å². The van der Waals surface area contributed by atoms with E-state index in [0.717, 1.165) is 24.0 Å². The maximum Gasteiger partial charge on any atom is 0.261 e. The molecular weight excluding hydrogens is 649 g/mol. The minimum Gasteiger partial charge on any atom is -0.405 e. The minimum absolute atomic E-state index is 0.0154. The van der Waals surface area contributed by atoms with Crippen LogP contribution in [0.2, 0.25) is 15.1 Å². The van der Waals surface area contributed by atoms with Gasteiger partial charge in [0.25, 0.3) is 8.32 Å². The van der Waals surface area contributed by atoms with Crippen molar-refractivity contribution in [2.75, 3.05) is 6.61 Å². The molecule has 0 spiro atoms. The molecule has 2 fully saturated rings. The minimum atomic E-state index is -2.85. The van der Waals surface area contributed by atoms with Gasteiger partial charge in [-0.15, -0.1) is 6.58 Å². The van der Waals surface area contributed by atoms with Crippen molar-refractivity contribution in [1.29, 1.82) is 0 Å². The predicted molar refractivity (Wildman–Crippen MR) is 203 cm³/mol. The molecule has 1 heterocycles. The summed E-state index contributed by atoms with van der Waals surface area (Å²) in [4.78, 5) is 17.4. The molecule has 0 N–H and O–H groups in total. The van der Waals surface area contributed by atoms with Gasteiger partial charge in [-0.3, -0.25) is 4.79 Å². The number of benzene rings is 4. The smallest absolute Gasteiger partial charge is 0.261 e. The first-order valence-corrected chi connectivity index (χ1v) is 19.8. The second-order valence-corrected chi connectivity index (χ2v) is 20.2. The molecule has 1 amide bonds. The highest BCUT2D eigenvalue weighted by Crippen LogP contribution is 2.54. The van der Waals surface area contributed by atoms with Gasteiger partial charge in [0.2, 0.25) is 5.91 Å². The third kappa shape index (κ3) is 6.70. The van der Waals surface area contributed by atoms with Crippen LogP contribution in [-0.4, -0.2) is 31.8 Å². The van der Waals surface area contributed by atoms with Gasteiger partial charge in [-0.05, 0) is 82.4 Å². The van der Waals surface area contributed by atoms with Crippen molar-refractivity contribution in [3.05, 3.63) is 143 Å². The molecule has 4 aromatic rings. The number of allylic oxidation sites excluding steroid dienone is 1. The van der Waals surface area contributed by atoms with Crippen molar-refractivity contribution in [1.82, 2.24) is 4.90 Å². The molecule has 1 aliphatic carbocycles. The van der Waals surface area contributed by atoms with Crippen LogP contribution in [0.4, 0.5) is 0 Å². The first kappa shape index (κ1) is 34.7. The third-order valence-electron chi connectivity index (χ3n) is 10.6. The number of nitrogens with zero attached hydrogens (tertiary/aromatic N) is 1. The molecule has 6 heteroatoms. The lowest BCUT2D eigenvalue weighted by molar-refractivity contribution is -0.156. The Balaban J connectivity index is 1.51. The van der Waals surface area contributed by atoms with Gasteiger partial charge in [-0.25, -0.2) is 0 Å². The topological polar surface area (TPSA) is 29.5 Å². The Hall–Kier alpha value is -3.15. The fourth-order valence-corrected chi connectivity index (χ4v) is 13.0. The van der Waals surface area contributed by atoms with Gasteiger partial charge in [-0.2, -0.15) is 0 Å². The van der Waals surface area contributed by atoms with E-state index >= 15 is 4.79 Å². The first-order chi connectivity index (χ1) is 23.0. The van der Waals surface area contributed by atoms with Crippen molar-refractivity contribution < 1.29 is 9.22 Å². The van der Waals surface area contributed by atoms with E-state index in [-0.39, 0.29) is 28.9 Å². The lowest BCUT2D eigenvalue weighted by Gasteiger charge is -2.53. The number of hydrogen-bond donors (Lipinski definition) is 0. The van der Waals surface area contributed by atoms with E-state index in [1.165, 1.54) is 10.4 Å². The quantitative estimate of drug-likeness (QED) is 0.115. The molecular formula is C42H47Cl2NO2Si. The molecule has 2 aliphatic rings. The lowest BCUT2D eigenvalue weighted by Crippen LogP contribution is -2.68. The van der Waals surface area contributed by atoms with Gasteiger partial charge in [0.15, 0.2) is 0 Å². The molecule has 0 radical (unpaired) electrons. The zero-order chi connectivity index (χ0) is 34.1. The standard InChI is InChI=1S/C42H47Cl2NO2Si/c1-6-26-42(5)28-37(32-14-13-15-34(44)27-32)39(31-22-24-33(43)25-23-31)45(40(42)46)38(30-20-21-30)29-47-48(41(2,3)4,35-16-9-7-10-17-35)36-18-11-8-12-19-36/h6-19,22-25,27,30,37-39H,1,20-21,26,28-29H2,2-5H3/t37?,38?,39-,42?/m1/s1. The molecule has 1 saturated heterocycles. The summed E-state index contributed by atoms with van der Waals surface area (Å²) in [5.41, 5.74) is 1.59. The maximum absolute atomic E-state index is 15.1. The van der Waals surface area contributed by atoms with Crippen LogP contribution in [0, 0.1) is 11.3 Å². The molecule has 3 nitrogen and oxygen atoms in total. The Bertz CT molecular complexity index is 1680. The number of piperidine rings is 1. The number of halogens is 2. The van der Waals surface area contributed by atoms with Crippen LogP contribution in [0.15, 0.2) is 122 Å². The first-order valence-electron chi connectivity index (χ1n) is 17.2. The highest BCUT2D eigenvalue weighted by molar-refractivity contribution is 6.99.